The molecule has 0 radical (unpaired) electrons. The van der Waals surface area contributed by atoms with Gasteiger partial charge in [0.1, 0.15) is 5.75 Å². The van der Waals surface area contributed by atoms with Crippen LogP contribution in [0.2, 0.25) is 0 Å². The van der Waals surface area contributed by atoms with Crippen LogP contribution >= 0.6 is 0 Å². The number of carbonyl (C=O) groups is 2. The molecule has 2 amide bonds. The summed E-state index contributed by atoms with van der Waals surface area (Å²) < 4.78 is 5.51. The molecule has 7 heteroatoms. The molecule has 25 heavy (non-hydrogen) atoms. The molecule has 2 aromatic rings. The van der Waals surface area contributed by atoms with E-state index >= 15 is 0 Å². The fourth-order valence-electron chi connectivity index (χ4n) is 3.70. The van der Waals surface area contributed by atoms with Gasteiger partial charge in [-0.3, -0.25) is 24.6 Å². The third-order valence-electron chi connectivity index (χ3n) is 4.91. The third-order valence-corrected chi connectivity index (χ3v) is 4.91. The Morgan fingerprint density at radius 3 is 2.52 bits per heavy atom. The first-order chi connectivity index (χ1) is 12.0. The monoisotopic (exact) mass is 341 g/mol. The summed E-state index contributed by atoms with van der Waals surface area (Å²) in [6.45, 7) is 3.91. The Labute approximate surface area is 144 Å². The summed E-state index contributed by atoms with van der Waals surface area (Å²) in [6.07, 6.45) is 0. The van der Waals surface area contributed by atoms with E-state index in [-0.39, 0.29) is 29.2 Å². The summed E-state index contributed by atoms with van der Waals surface area (Å²) in [4.78, 5) is 40.8. The van der Waals surface area contributed by atoms with E-state index in [1.54, 1.807) is 0 Å². The molecule has 2 N–H and O–H groups in total. The van der Waals surface area contributed by atoms with E-state index in [0.29, 0.717) is 31.8 Å². The molecule has 1 aromatic heterocycles. The maximum absolute atomic E-state index is 12.3. The zero-order chi connectivity index (χ0) is 17.6. The second kappa shape index (κ2) is 6.00. The van der Waals surface area contributed by atoms with Crippen molar-refractivity contribution in [2.75, 3.05) is 19.7 Å². The summed E-state index contributed by atoms with van der Waals surface area (Å²) in [5.74, 6) is -0.239. The van der Waals surface area contributed by atoms with Crippen LogP contribution in [0.25, 0.3) is 10.9 Å². The Bertz CT molecular complexity index is 898. The van der Waals surface area contributed by atoms with Gasteiger partial charge in [0.15, 0.2) is 0 Å². The molecular formula is C18H19N3O4. The predicted octanol–water partition coefficient (Wildman–Crippen LogP) is 0.631. The lowest BCUT2D eigenvalue weighted by Gasteiger charge is -2.16. The topological polar surface area (TPSA) is 91.5 Å². The smallest absolute Gasteiger partial charge is 0.252 e. The van der Waals surface area contributed by atoms with Crippen LogP contribution in [0.1, 0.15) is 12.5 Å². The number of carbonyl (C=O) groups excluding carboxylic acids is 2. The molecule has 0 unspecified atom stereocenters. The van der Waals surface area contributed by atoms with Gasteiger partial charge in [0.05, 0.1) is 18.4 Å². The number of pyridine rings is 1. The van der Waals surface area contributed by atoms with Crippen molar-refractivity contribution in [2.24, 2.45) is 11.8 Å². The SMILES string of the molecule is CCOc1ccc2[nH]c(=O)c(CN3C[C@@H]4C(=O)NC(=O)[C@@H]4C3)cc2c1. The molecule has 2 aliphatic rings. The van der Waals surface area contributed by atoms with E-state index in [1.165, 1.54) is 0 Å². The standard InChI is InChI=1S/C18H19N3O4/c1-2-25-12-3-4-15-10(6-12)5-11(16(22)19-15)7-21-8-13-14(9-21)18(24)20-17(13)23/h3-6,13-14H,2,7-9H2,1H3,(H,19,22)(H,20,23,24)/t13-,14+. The van der Waals surface area contributed by atoms with Gasteiger partial charge in [-0.05, 0) is 31.2 Å². The summed E-state index contributed by atoms with van der Waals surface area (Å²) in [6, 6.07) is 7.41. The molecule has 0 saturated carbocycles. The number of amides is 2. The van der Waals surface area contributed by atoms with Gasteiger partial charge >= 0.3 is 0 Å². The predicted molar refractivity (Wildman–Crippen MR) is 91.1 cm³/mol. The Kier molecular flexibility index (Phi) is 3.80. The van der Waals surface area contributed by atoms with Crippen LogP contribution in [0.15, 0.2) is 29.1 Å². The van der Waals surface area contributed by atoms with E-state index < -0.39 is 0 Å². The first-order valence-corrected chi connectivity index (χ1v) is 8.41. The maximum Gasteiger partial charge on any atom is 0.252 e. The Morgan fingerprint density at radius 2 is 1.84 bits per heavy atom. The van der Waals surface area contributed by atoms with Gasteiger partial charge in [-0.15, -0.1) is 0 Å². The maximum atomic E-state index is 12.3. The average Bonchev–Trinajstić information content (AvgIpc) is 3.10. The lowest BCUT2D eigenvalue weighted by atomic mass is 10.00. The van der Waals surface area contributed by atoms with Crippen molar-refractivity contribution >= 4 is 22.7 Å². The van der Waals surface area contributed by atoms with Crippen LogP contribution in [-0.2, 0) is 16.1 Å². The van der Waals surface area contributed by atoms with E-state index in [0.717, 1.165) is 16.7 Å². The number of ether oxygens (including phenoxy) is 1. The number of H-pyrrole nitrogens is 1. The van der Waals surface area contributed by atoms with Gasteiger partial charge in [0.2, 0.25) is 11.8 Å². The number of rotatable bonds is 4. The van der Waals surface area contributed by atoms with Gasteiger partial charge in [0.25, 0.3) is 5.56 Å². The van der Waals surface area contributed by atoms with Crippen LogP contribution in [0.4, 0.5) is 0 Å². The van der Waals surface area contributed by atoms with Crippen LogP contribution in [0.5, 0.6) is 5.75 Å². The van der Waals surface area contributed by atoms with E-state index in [2.05, 4.69) is 10.3 Å². The molecular weight excluding hydrogens is 322 g/mol. The molecule has 1 aromatic carbocycles. The average molecular weight is 341 g/mol. The molecule has 0 bridgehead atoms. The molecule has 0 spiro atoms. The van der Waals surface area contributed by atoms with Crippen molar-refractivity contribution in [3.05, 3.63) is 40.2 Å². The molecule has 4 rings (SSSR count). The molecule has 2 fully saturated rings. The van der Waals surface area contributed by atoms with Crippen molar-refractivity contribution in [1.29, 1.82) is 0 Å². The summed E-state index contributed by atoms with van der Waals surface area (Å²) >= 11 is 0. The number of aromatic nitrogens is 1. The fraction of sp³-hybridized carbons (Fsp3) is 0.389. The largest absolute Gasteiger partial charge is 0.494 e. The zero-order valence-electron chi connectivity index (χ0n) is 13.9. The van der Waals surface area contributed by atoms with Gasteiger partial charge < -0.3 is 9.72 Å². The van der Waals surface area contributed by atoms with Crippen molar-refractivity contribution in [2.45, 2.75) is 13.5 Å². The van der Waals surface area contributed by atoms with Gasteiger partial charge in [-0.2, -0.15) is 0 Å². The molecule has 2 saturated heterocycles. The van der Waals surface area contributed by atoms with E-state index in [4.69, 9.17) is 4.74 Å². The lowest BCUT2D eigenvalue weighted by Crippen LogP contribution is -2.32. The normalized spacial score (nSPS) is 23.1. The van der Waals surface area contributed by atoms with E-state index in [1.807, 2.05) is 36.1 Å². The van der Waals surface area contributed by atoms with Crippen LogP contribution < -0.4 is 15.6 Å². The molecule has 130 valence electrons. The highest BCUT2D eigenvalue weighted by Gasteiger charge is 2.47. The first kappa shape index (κ1) is 15.8. The van der Waals surface area contributed by atoms with Crippen molar-refractivity contribution in [3.8, 4) is 5.75 Å². The summed E-state index contributed by atoms with van der Waals surface area (Å²) in [5, 5.41) is 3.27. The minimum atomic E-state index is -0.295. The number of nitrogens with zero attached hydrogens (tertiary/aromatic N) is 1. The second-order valence-electron chi connectivity index (χ2n) is 6.57. The quantitative estimate of drug-likeness (QED) is 0.796. The highest BCUT2D eigenvalue weighted by atomic mass is 16.5. The Balaban J connectivity index is 1.59. The van der Waals surface area contributed by atoms with Crippen LogP contribution in [0.3, 0.4) is 0 Å². The number of likely N-dealkylation sites (tertiary alicyclic amines) is 1. The highest BCUT2D eigenvalue weighted by molar-refractivity contribution is 6.05. The molecule has 7 nitrogen and oxygen atoms in total. The van der Waals surface area contributed by atoms with Gasteiger partial charge in [-0.25, -0.2) is 0 Å². The molecule has 3 heterocycles. The van der Waals surface area contributed by atoms with Crippen LogP contribution in [0, 0.1) is 11.8 Å². The highest BCUT2D eigenvalue weighted by Crippen LogP contribution is 2.29. The second-order valence-corrected chi connectivity index (χ2v) is 6.57. The van der Waals surface area contributed by atoms with Gasteiger partial charge in [0, 0.05) is 36.1 Å². The molecule has 2 aliphatic heterocycles. The number of benzene rings is 1. The minimum Gasteiger partial charge on any atom is -0.494 e. The van der Waals surface area contributed by atoms with E-state index in [9.17, 15) is 14.4 Å². The van der Waals surface area contributed by atoms with Gasteiger partial charge in [-0.1, -0.05) is 0 Å². The third kappa shape index (κ3) is 2.80. The zero-order valence-corrected chi connectivity index (χ0v) is 13.9. The summed E-state index contributed by atoms with van der Waals surface area (Å²) in [5.41, 5.74) is 1.23. The number of fused-ring (bicyclic) bond motifs is 2. The molecule has 2 atom stereocenters. The van der Waals surface area contributed by atoms with Crippen LogP contribution in [-0.4, -0.2) is 41.4 Å². The van der Waals surface area contributed by atoms with Crippen molar-refractivity contribution in [3.63, 3.8) is 0 Å². The number of hydrogen-bond donors (Lipinski definition) is 2. The number of aromatic amines is 1. The Morgan fingerprint density at radius 1 is 1.12 bits per heavy atom. The lowest BCUT2D eigenvalue weighted by molar-refractivity contribution is -0.126. The first-order valence-electron chi connectivity index (χ1n) is 8.41. The fourth-order valence-corrected chi connectivity index (χ4v) is 3.70. The number of imide groups is 1. The minimum absolute atomic E-state index is 0.149. The Hall–Kier alpha value is -2.67. The molecule has 0 aliphatic carbocycles. The van der Waals surface area contributed by atoms with Crippen molar-refractivity contribution in [1.82, 2.24) is 15.2 Å². The van der Waals surface area contributed by atoms with Crippen molar-refractivity contribution < 1.29 is 14.3 Å². The number of nitrogens with one attached hydrogen (secondary N) is 2. The number of hydrogen-bond acceptors (Lipinski definition) is 5. The summed E-state index contributed by atoms with van der Waals surface area (Å²) in [7, 11) is 0.